The van der Waals surface area contributed by atoms with Crippen LogP contribution in [0.2, 0.25) is 0 Å². The third-order valence-electron chi connectivity index (χ3n) is 3.43. The highest BCUT2D eigenvalue weighted by molar-refractivity contribution is 8.17. The van der Waals surface area contributed by atoms with Gasteiger partial charge in [-0.15, -0.1) is 13.2 Å². The van der Waals surface area contributed by atoms with E-state index in [4.69, 9.17) is 0 Å². The smallest absolute Gasteiger partial charge is 0.403 e. The van der Waals surface area contributed by atoms with Gasteiger partial charge in [-0.3, -0.25) is 0 Å². The molecule has 0 aliphatic carbocycles. The lowest BCUT2D eigenvalue weighted by molar-refractivity contribution is -0.275. The fourth-order valence-electron chi connectivity index (χ4n) is 2.44. The van der Waals surface area contributed by atoms with Crippen molar-refractivity contribution in [3.8, 4) is 5.75 Å². The van der Waals surface area contributed by atoms with E-state index in [1.54, 1.807) is 0 Å². The first-order chi connectivity index (χ1) is 11.9. The maximum absolute atomic E-state index is 13.8. The third kappa shape index (κ3) is 4.33. The SMILES string of the molecule is Fc1ccc([SH](c2ccccc2)c2ccccc2)cc1OC(F)(F)F. The topological polar surface area (TPSA) is 9.23 Å². The molecule has 0 aliphatic rings. The predicted molar refractivity (Wildman–Crippen MR) is 89.8 cm³/mol. The molecule has 0 aliphatic heterocycles. The standard InChI is InChI=1S/C19H14F4OS/c20-17-12-11-16(13-18(17)24-19(21,22)23)25(14-7-3-1-4-8-14)15-9-5-2-6-10-15/h1-13,25H. The molecule has 0 saturated carbocycles. The van der Waals surface area contributed by atoms with Gasteiger partial charge < -0.3 is 4.74 Å². The van der Waals surface area contributed by atoms with Crippen molar-refractivity contribution in [2.45, 2.75) is 21.0 Å². The second-order valence-electron chi connectivity index (χ2n) is 5.17. The Morgan fingerprint density at radius 3 is 1.68 bits per heavy atom. The van der Waals surface area contributed by atoms with Gasteiger partial charge in [0, 0.05) is 0 Å². The Morgan fingerprint density at radius 2 is 1.20 bits per heavy atom. The summed E-state index contributed by atoms with van der Waals surface area (Å²) in [5.41, 5.74) is 0. The number of ether oxygens (including phenoxy) is 1. The van der Waals surface area contributed by atoms with E-state index < -0.39 is 28.8 Å². The molecule has 0 amide bonds. The van der Waals surface area contributed by atoms with Crippen LogP contribution >= 0.6 is 10.9 Å². The van der Waals surface area contributed by atoms with Crippen molar-refractivity contribution in [1.82, 2.24) is 0 Å². The Labute approximate surface area is 145 Å². The molecule has 0 aromatic heterocycles. The van der Waals surface area contributed by atoms with Gasteiger partial charge in [-0.05, 0) is 57.2 Å². The first-order valence-electron chi connectivity index (χ1n) is 7.39. The molecule has 0 fully saturated rings. The molecule has 130 valence electrons. The zero-order valence-corrected chi connectivity index (χ0v) is 13.8. The summed E-state index contributed by atoms with van der Waals surface area (Å²) < 4.78 is 55.1. The number of benzene rings is 3. The van der Waals surface area contributed by atoms with E-state index >= 15 is 0 Å². The van der Waals surface area contributed by atoms with Gasteiger partial charge in [-0.1, -0.05) is 36.4 Å². The van der Waals surface area contributed by atoms with Gasteiger partial charge >= 0.3 is 6.36 Å². The lowest BCUT2D eigenvalue weighted by Gasteiger charge is -2.24. The normalized spacial score (nSPS) is 11.9. The molecule has 1 nitrogen and oxygen atoms in total. The Morgan fingerprint density at radius 1 is 0.680 bits per heavy atom. The lowest BCUT2D eigenvalue weighted by Crippen LogP contribution is -2.18. The first-order valence-corrected chi connectivity index (χ1v) is 8.74. The molecule has 0 atom stereocenters. The van der Waals surface area contributed by atoms with E-state index in [9.17, 15) is 17.6 Å². The van der Waals surface area contributed by atoms with Gasteiger partial charge in [0.25, 0.3) is 0 Å². The highest BCUT2D eigenvalue weighted by atomic mass is 32.2. The molecule has 0 bridgehead atoms. The molecular formula is C19H14F4OS. The van der Waals surface area contributed by atoms with Crippen molar-refractivity contribution in [2.75, 3.05) is 0 Å². The van der Waals surface area contributed by atoms with Crippen LogP contribution in [0.3, 0.4) is 0 Å². The minimum absolute atomic E-state index is 0.577. The van der Waals surface area contributed by atoms with Crippen LogP contribution in [-0.4, -0.2) is 6.36 Å². The van der Waals surface area contributed by atoms with Crippen LogP contribution in [0, 0.1) is 5.82 Å². The average molecular weight is 366 g/mol. The molecule has 6 heteroatoms. The highest BCUT2D eigenvalue weighted by Gasteiger charge is 2.32. The molecule has 3 aromatic carbocycles. The molecule has 0 radical (unpaired) electrons. The molecule has 0 spiro atoms. The van der Waals surface area contributed by atoms with Crippen LogP contribution in [0.15, 0.2) is 93.5 Å². The summed E-state index contributed by atoms with van der Waals surface area (Å²) in [6.45, 7) is 0. The van der Waals surface area contributed by atoms with Gasteiger partial charge in [0.2, 0.25) is 0 Å². The highest BCUT2D eigenvalue weighted by Crippen LogP contribution is 2.52. The van der Waals surface area contributed by atoms with Crippen molar-refractivity contribution in [3.05, 3.63) is 84.7 Å². The van der Waals surface area contributed by atoms with E-state index in [-0.39, 0.29) is 0 Å². The fourth-order valence-corrected chi connectivity index (χ4v) is 4.74. The molecule has 0 heterocycles. The van der Waals surface area contributed by atoms with E-state index in [2.05, 4.69) is 4.74 Å². The van der Waals surface area contributed by atoms with Crippen molar-refractivity contribution < 1.29 is 22.3 Å². The summed E-state index contributed by atoms with van der Waals surface area (Å²) in [5, 5.41) is 0. The van der Waals surface area contributed by atoms with Crippen LogP contribution in [0.1, 0.15) is 0 Å². The maximum atomic E-state index is 13.8. The quantitative estimate of drug-likeness (QED) is 0.427. The van der Waals surface area contributed by atoms with Crippen molar-refractivity contribution in [2.24, 2.45) is 0 Å². The molecule has 3 rings (SSSR count). The molecular weight excluding hydrogens is 352 g/mol. The monoisotopic (exact) mass is 366 g/mol. The van der Waals surface area contributed by atoms with Crippen LogP contribution in [0.5, 0.6) is 5.75 Å². The van der Waals surface area contributed by atoms with E-state index in [0.717, 1.165) is 21.9 Å². The average Bonchev–Trinajstić information content (AvgIpc) is 2.59. The fraction of sp³-hybridized carbons (Fsp3) is 0.0526. The zero-order chi connectivity index (χ0) is 17.9. The van der Waals surface area contributed by atoms with Gasteiger partial charge in [0.15, 0.2) is 11.6 Å². The van der Waals surface area contributed by atoms with E-state index in [1.807, 2.05) is 60.7 Å². The van der Waals surface area contributed by atoms with Gasteiger partial charge in [0.05, 0.1) is 0 Å². The molecule has 3 aromatic rings. The van der Waals surface area contributed by atoms with Gasteiger partial charge in [-0.2, -0.15) is 10.9 Å². The summed E-state index contributed by atoms with van der Waals surface area (Å²) in [6, 6.07) is 22.5. The number of halogens is 4. The second kappa shape index (κ2) is 7.19. The zero-order valence-electron chi connectivity index (χ0n) is 12.9. The number of alkyl halides is 3. The maximum Gasteiger partial charge on any atom is 0.573 e. The Balaban J connectivity index is 2.10. The Hall–Kier alpha value is -2.47. The summed E-state index contributed by atoms with van der Waals surface area (Å²) in [4.78, 5) is 2.48. The summed E-state index contributed by atoms with van der Waals surface area (Å²) in [6.07, 6.45) is -4.94. The number of rotatable bonds is 4. The first kappa shape index (κ1) is 17.4. The lowest BCUT2D eigenvalue weighted by atomic mass is 10.3. The summed E-state index contributed by atoms with van der Waals surface area (Å²) in [5.74, 6) is -1.86. The van der Waals surface area contributed by atoms with Crippen molar-refractivity contribution in [1.29, 1.82) is 0 Å². The Bertz CT molecular complexity index is 796. The predicted octanol–water partition coefficient (Wildman–Crippen LogP) is 6.20. The largest absolute Gasteiger partial charge is 0.573 e. The van der Waals surface area contributed by atoms with Crippen molar-refractivity contribution >= 4 is 10.9 Å². The van der Waals surface area contributed by atoms with Crippen LogP contribution in [-0.2, 0) is 0 Å². The third-order valence-corrected chi connectivity index (χ3v) is 5.85. The van der Waals surface area contributed by atoms with Gasteiger partial charge in [-0.25, -0.2) is 4.39 Å². The number of hydrogen-bond donors (Lipinski definition) is 1. The van der Waals surface area contributed by atoms with E-state index in [0.29, 0.717) is 4.90 Å². The number of hydrogen-bond acceptors (Lipinski definition) is 1. The molecule has 25 heavy (non-hydrogen) atoms. The molecule has 0 saturated heterocycles. The second-order valence-corrected chi connectivity index (χ2v) is 7.39. The Kier molecular flexibility index (Phi) is 4.99. The molecule has 0 unspecified atom stereocenters. The summed E-state index contributed by atoms with van der Waals surface area (Å²) >= 11 is 0. The number of thiol groups is 1. The van der Waals surface area contributed by atoms with Crippen molar-refractivity contribution in [3.63, 3.8) is 0 Å². The van der Waals surface area contributed by atoms with Crippen LogP contribution in [0.4, 0.5) is 17.6 Å². The minimum atomic E-state index is -4.94. The minimum Gasteiger partial charge on any atom is -0.403 e. The molecule has 0 N–H and O–H groups in total. The van der Waals surface area contributed by atoms with Crippen LogP contribution < -0.4 is 4.74 Å². The van der Waals surface area contributed by atoms with Gasteiger partial charge in [0.1, 0.15) is 0 Å². The summed E-state index contributed by atoms with van der Waals surface area (Å²) in [7, 11) is -1.13. The van der Waals surface area contributed by atoms with E-state index in [1.165, 1.54) is 6.07 Å². The van der Waals surface area contributed by atoms with Crippen LogP contribution in [0.25, 0.3) is 0 Å².